The maximum absolute atomic E-state index is 4.68. The van der Waals surface area contributed by atoms with Crippen LogP contribution in [0.3, 0.4) is 0 Å². The van der Waals surface area contributed by atoms with Crippen LogP contribution in [0.1, 0.15) is 20.3 Å². The van der Waals surface area contributed by atoms with Crippen LogP contribution >= 0.6 is 27.3 Å². The molecule has 0 bridgehead atoms. The Hall–Kier alpha value is -0.650. The lowest BCUT2D eigenvalue weighted by Crippen LogP contribution is -2.33. The van der Waals surface area contributed by atoms with E-state index in [2.05, 4.69) is 71.2 Å². The van der Waals surface area contributed by atoms with Gasteiger partial charge < -0.3 is 10.2 Å². The highest BCUT2D eigenvalue weighted by Gasteiger charge is 2.14. The van der Waals surface area contributed by atoms with Crippen molar-refractivity contribution in [2.75, 3.05) is 26.0 Å². The standard InChI is InChI=1S/C15H22BrN3S/c1-10(2)7-12(9-19(3)4)17-15-18-13-6-5-11(16)8-14(13)20-15/h5-6,8,10,12H,7,9H2,1-4H3,(H,17,18). The summed E-state index contributed by atoms with van der Waals surface area (Å²) in [5.74, 6) is 0.677. The molecule has 0 aliphatic heterocycles. The molecule has 0 saturated carbocycles. The molecule has 3 nitrogen and oxygen atoms in total. The molecule has 5 heteroatoms. The second kappa shape index (κ2) is 6.87. The van der Waals surface area contributed by atoms with Crippen molar-refractivity contribution < 1.29 is 0 Å². The van der Waals surface area contributed by atoms with Crippen LogP contribution < -0.4 is 5.32 Å². The van der Waals surface area contributed by atoms with E-state index in [0.29, 0.717) is 12.0 Å². The Morgan fingerprint density at radius 2 is 2.10 bits per heavy atom. The molecule has 1 atom stereocenters. The second-order valence-corrected chi connectivity index (χ2v) is 7.81. The van der Waals surface area contributed by atoms with Crippen molar-refractivity contribution in [3.63, 3.8) is 0 Å². The molecule has 20 heavy (non-hydrogen) atoms. The van der Waals surface area contributed by atoms with Crippen molar-refractivity contribution >= 4 is 42.6 Å². The van der Waals surface area contributed by atoms with E-state index in [1.165, 1.54) is 4.70 Å². The summed E-state index contributed by atoms with van der Waals surface area (Å²) >= 11 is 5.23. The number of halogens is 1. The number of aromatic nitrogens is 1. The van der Waals surface area contributed by atoms with Crippen LogP contribution in [0.15, 0.2) is 22.7 Å². The lowest BCUT2D eigenvalue weighted by atomic mass is 10.0. The summed E-state index contributed by atoms with van der Waals surface area (Å²) < 4.78 is 2.32. The summed E-state index contributed by atoms with van der Waals surface area (Å²) in [5.41, 5.74) is 1.06. The van der Waals surface area contributed by atoms with Gasteiger partial charge in [0.15, 0.2) is 5.13 Å². The predicted molar refractivity (Wildman–Crippen MR) is 92.7 cm³/mol. The van der Waals surface area contributed by atoms with E-state index in [9.17, 15) is 0 Å². The van der Waals surface area contributed by atoms with Crippen molar-refractivity contribution in [3.8, 4) is 0 Å². The summed E-state index contributed by atoms with van der Waals surface area (Å²) in [6.45, 7) is 5.55. The monoisotopic (exact) mass is 355 g/mol. The molecule has 1 aromatic heterocycles. The minimum absolute atomic E-state index is 0.439. The van der Waals surface area contributed by atoms with E-state index in [-0.39, 0.29) is 0 Å². The average Bonchev–Trinajstić information content (AvgIpc) is 2.68. The van der Waals surface area contributed by atoms with Gasteiger partial charge in [-0.25, -0.2) is 4.98 Å². The third kappa shape index (κ3) is 4.43. The Kier molecular flexibility index (Phi) is 5.41. The van der Waals surface area contributed by atoms with E-state index >= 15 is 0 Å². The number of nitrogens with zero attached hydrogens (tertiary/aromatic N) is 2. The first kappa shape index (κ1) is 15.7. The highest BCUT2D eigenvalue weighted by molar-refractivity contribution is 9.10. The molecule has 1 heterocycles. The zero-order valence-electron chi connectivity index (χ0n) is 12.5. The summed E-state index contributed by atoms with van der Waals surface area (Å²) in [7, 11) is 4.23. The molecule has 1 N–H and O–H groups in total. The maximum Gasteiger partial charge on any atom is 0.184 e. The molecule has 0 saturated heterocycles. The first-order valence-corrected chi connectivity index (χ1v) is 8.52. The summed E-state index contributed by atoms with van der Waals surface area (Å²) in [4.78, 5) is 6.90. The SMILES string of the molecule is CC(C)CC(CN(C)C)Nc1nc2ccc(Br)cc2s1. The number of rotatable bonds is 6. The first-order chi connectivity index (χ1) is 9.44. The van der Waals surface area contributed by atoms with Gasteiger partial charge in [-0.05, 0) is 44.6 Å². The molecule has 0 spiro atoms. The topological polar surface area (TPSA) is 28.2 Å². The lowest BCUT2D eigenvalue weighted by molar-refractivity contribution is 0.356. The van der Waals surface area contributed by atoms with Crippen LogP contribution in [0.2, 0.25) is 0 Å². The van der Waals surface area contributed by atoms with Crippen LogP contribution in [-0.4, -0.2) is 36.6 Å². The fourth-order valence-corrected chi connectivity index (χ4v) is 3.82. The van der Waals surface area contributed by atoms with E-state index in [0.717, 1.165) is 28.1 Å². The maximum atomic E-state index is 4.68. The molecule has 0 amide bonds. The molecule has 1 aromatic carbocycles. The zero-order chi connectivity index (χ0) is 14.7. The quantitative estimate of drug-likeness (QED) is 0.829. The molecule has 0 aliphatic carbocycles. The molecule has 2 rings (SSSR count). The van der Waals surface area contributed by atoms with Gasteiger partial charge in [-0.1, -0.05) is 41.1 Å². The summed E-state index contributed by atoms with van der Waals surface area (Å²) in [5, 5.41) is 4.62. The second-order valence-electron chi connectivity index (χ2n) is 5.86. The van der Waals surface area contributed by atoms with Gasteiger partial charge in [0.1, 0.15) is 0 Å². The van der Waals surface area contributed by atoms with Gasteiger partial charge in [0.2, 0.25) is 0 Å². The molecule has 0 fully saturated rings. The Labute approximate surface area is 133 Å². The van der Waals surface area contributed by atoms with E-state index in [1.54, 1.807) is 11.3 Å². The van der Waals surface area contributed by atoms with Crippen molar-refractivity contribution in [1.29, 1.82) is 0 Å². The number of hydrogen-bond acceptors (Lipinski definition) is 4. The van der Waals surface area contributed by atoms with Crippen molar-refractivity contribution in [1.82, 2.24) is 9.88 Å². The van der Waals surface area contributed by atoms with Gasteiger partial charge in [-0.15, -0.1) is 0 Å². The van der Waals surface area contributed by atoms with Crippen LogP contribution in [0.4, 0.5) is 5.13 Å². The van der Waals surface area contributed by atoms with Crippen molar-refractivity contribution in [2.45, 2.75) is 26.3 Å². The highest BCUT2D eigenvalue weighted by atomic mass is 79.9. The largest absolute Gasteiger partial charge is 0.357 e. The van der Waals surface area contributed by atoms with E-state index < -0.39 is 0 Å². The first-order valence-electron chi connectivity index (χ1n) is 6.91. The van der Waals surface area contributed by atoms with Crippen molar-refractivity contribution in [2.24, 2.45) is 5.92 Å². The highest BCUT2D eigenvalue weighted by Crippen LogP contribution is 2.29. The minimum atomic E-state index is 0.439. The Morgan fingerprint density at radius 3 is 2.75 bits per heavy atom. The number of benzene rings is 1. The molecule has 110 valence electrons. The van der Waals surface area contributed by atoms with Gasteiger partial charge in [0, 0.05) is 17.1 Å². The fourth-order valence-electron chi connectivity index (χ4n) is 2.32. The predicted octanol–water partition coefficient (Wildman–Crippen LogP) is 4.45. The van der Waals surface area contributed by atoms with Crippen LogP contribution in [-0.2, 0) is 0 Å². The van der Waals surface area contributed by atoms with Gasteiger partial charge in [0.05, 0.1) is 10.2 Å². The van der Waals surface area contributed by atoms with Crippen molar-refractivity contribution in [3.05, 3.63) is 22.7 Å². The number of nitrogens with one attached hydrogen (secondary N) is 1. The number of fused-ring (bicyclic) bond motifs is 1. The third-order valence-corrected chi connectivity index (χ3v) is 4.46. The smallest absolute Gasteiger partial charge is 0.184 e. The zero-order valence-corrected chi connectivity index (χ0v) is 14.9. The molecule has 0 radical (unpaired) electrons. The molecular formula is C15H22BrN3S. The number of hydrogen-bond donors (Lipinski definition) is 1. The summed E-state index contributed by atoms with van der Waals surface area (Å²) in [6, 6.07) is 6.66. The Balaban J connectivity index is 2.14. The normalized spacial score (nSPS) is 13.3. The molecular weight excluding hydrogens is 334 g/mol. The molecule has 2 aromatic rings. The Morgan fingerprint density at radius 1 is 1.35 bits per heavy atom. The van der Waals surface area contributed by atoms with Gasteiger partial charge >= 0.3 is 0 Å². The van der Waals surface area contributed by atoms with Crippen LogP contribution in [0.25, 0.3) is 10.2 Å². The average molecular weight is 356 g/mol. The van der Waals surface area contributed by atoms with Gasteiger partial charge in [-0.3, -0.25) is 0 Å². The van der Waals surface area contributed by atoms with E-state index in [4.69, 9.17) is 0 Å². The molecule has 1 unspecified atom stereocenters. The summed E-state index contributed by atoms with van der Waals surface area (Å²) in [6.07, 6.45) is 1.15. The number of likely N-dealkylation sites (N-methyl/N-ethyl adjacent to an activating group) is 1. The van der Waals surface area contributed by atoms with Crippen LogP contribution in [0.5, 0.6) is 0 Å². The van der Waals surface area contributed by atoms with Crippen LogP contribution in [0, 0.1) is 5.92 Å². The lowest BCUT2D eigenvalue weighted by Gasteiger charge is -2.23. The molecule has 0 aliphatic rings. The van der Waals surface area contributed by atoms with Gasteiger partial charge in [0.25, 0.3) is 0 Å². The minimum Gasteiger partial charge on any atom is -0.357 e. The van der Waals surface area contributed by atoms with Gasteiger partial charge in [-0.2, -0.15) is 0 Å². The number of anilines is 1. The fraction of sp³-hybridized carbons (Fsp3) is 0.533. The Bertz CT molecular complexity index is 555. The third-order valence-electron chi connectivity index (χ3n) is 3.02. The number of thiazole rings is 1. The van der Waals surface area contributed by atoms with E-state index in [1.807, 2.05) is 6.07 Å².